The Labute approximate surface area is 174 Å². The van der Waals surface area contributed by atoms with Crippen LogP contribution in [0.2, 0.25) is 0 Å². The monoisotopic (exact) mass is 450 g/mol. The van der Waals surface area contributed by atoms with E-state index < -0.39 is 30.9 Å². The highest BCUT2D eigenvalue weighted by Crippen LogP contribution is 2.36. The van der Waals surface area contributed by atoms with Crippen LogP contribution in [-0.2, 0) is 9.84 Å². The topological polar surface area (TPSA) is 114 Å². The van der Waals surface area contributed by atoms with Crippen LogP contribution in [0.25, 0.3) is 0 Å². The molecule has 0 aromatic heterocycles. The van der Waals surface area contributed by atoms with Crippen molar-refractivity contribution in [3.63, 3.8) is 0 Å². The highest BCUT2D eigenvalue weighted by Gasteiger charge is 2.47. The third-order valence-corrected chi connectivity index (χ3v) is 5.45. The number of nitrogens with zero attached hydrogens (tertiary/aromatic N) is 3. The van der Waals surface area contributed by atoms with Crippen LogP contribution in [0.3, 0.4) is 0 Å². The summed E-state index contributed by atoms with van der Waals surface area (Å²) in [6.45, 7) is 0. The quantitative estimate of drug-likeness (QED) is 0.279. The minimum atomic E-state index is -5.71. The summed E-state index contributed by atoms with van der Waals surface area (Å²) < 4.78 is 61.2. The number of rotatable bonds is 6. The van der Waals surface area contributed by atoms with Crippen LogP contribution in [0.15, 0.2) is 87.9 Å². The average molecular weight is 450 g/mol. The van der Waals surface area contributed by atoms with E-state index in [1.165, 1.54) is 12.1 Å². The molecule has 12 heteroatoms. The van der Waals surface area contributed by atoms with Crippen LogP contribution < -0.4 is 5.32 Å². The van der Waals surface area contributed by atoms with Crippen molar-refractivity contribution in [2.45, 2.75) is 10.4 Å². The fraction of sp³-hybridized carbons (Fsp3) is 0.0526. The van der Waals surface area contributed by atoms with Gasteiger partial charge in [-0.3, -0.25) is 10.1 Å². The normalized spacial score (nSPS) is 12.1. The lowest BCUT2D eigenvalue weighted by Gasteiger charge is -2.11. The number of benzene rings is 3. The zero-order valence-corrected chi connectivity index (χ0v) is 16.3. The number of hydrogen-bond donors (Lipinski definition) is 1. The summed E-state index contributed by atoms with van der Waals surface area (Å²) in [7, 11) is -5.71. The molecule has 0 saturated heterocycles. The van der Waals surface area contributed by atoms with Crippen LogP contribution in [0.4, 0.5) is 41.6 Å². The van der Waals surface area contributed by atoms with E-state index in [1.54, 1.807) is 36.4 Å². The Bertz CT molecular complexity index is 1230. The van der Waals surface area contributed by atoms with Gasteiger partial charge in [-0.25, -0.2) is 8.42 Å². The van der Waals surface area contributed by atoms with Crippen LogP contribution in [-0.4, -0.2) is 18.8 Å². The number of halogens is 3. The molecule has 31 heavy (non-hydrogen) atoms. The zero-order valence-electron chi connectivity index (χ0n) is 15.4. The summed E-state index contributed by atoms with van der Waals surface area (Å²) in [6.07, 6.45) is 0. The van der Waals surface area contributed by atoms with E-state index in [0.29, 0.717) is 29.2 Å². The number of nitro benzene ring substituents is 1. The summed E-state index contributed by atoms with van der Waals surface area (Å²) >= 11 is 0. The Morgan fingerprint density at radius 2 is 1.45 bits per heavy atom. The molecule has 0 bridgehead atoms. The van der Waals surface area contributed by atoms with E-state index in [-0.39, 0.29) is 5.69 Å². The molecular formula is C19H13F3N4O4S. The second kappa shape index (κ2) is 8.52. The van der Waals surface area contributed by atoms with Crippen molar-refractivity contribution in [1.82, 2.24) is 0 Å². The molecule has 0 aliphatic heterocycles. The SMILES string of the molecule is O=[N+]([O-])c1cc(S(=O)(=O)C(F)(F)F)ccc1Nc1ccc(N=Nc2ccccc2)cc1. The van der Waals surface area contributed by atoms with Gasteiger partial charge in [-0.05, 0) is 48.5 Å². The van der Waals surface area contributed by atoms with E-state index in [2.05, 4.69) is 15.5 Å². The van der Waals surface area contributed by atoms with Crippen molar-refractivity contribution in [2.24, 2.45) is 10.2 Å². The van der Waals surface area contributed by atoms with Crippen LogP contribution in [0.1, 0.15) is 0 Å². The molecule has 3 aromatic rings. The molecular weight excluding hydrogens is 437 g/mol. The van der Waals surface area contributed by atoms with E-state index in [9.17, 15) is 31.7 Å². The molecule has 0 spiro atoms. The van der Waals surface area contributed by atoms with Gasteiger partial charge in [-0.15, -0.1) is 0 Å². The molecule has 160 valence electrons. The third-order valence-electron chi connectivity index (χ3n) is 3.96. The summed E-state index contributed by atoms with van der Waals surface area (Å²) in [6, 6.07) is 17.1. The molecule has 0 atom stereocenters. The maximum absolute atomic E-state index is 12.7. The summed E-state index contributed by atoms with van der Waals surface area (Å²) in [4.78, 5) is 9.09. The highest BCUT2D eigenvalue weighted by atomic mass is 32.2. The number of sulfone groups is 1. The largest absolute Gasteiger partial charge is 0.501 e. The predicted octanol–water partition coefficient (Wildman–Crippen LogP) is 6.05. The number of hydrogen-bond acceptors (Lipinski definition) is 7. The van der Waals surface area contributed by atoms with Crippen LogP contribution in [0.5, 0.6) is 0 Å². The first-order chi connectivity index (χ1) is 14.6. The molecule has 1 N–H and O–H groups in total. The van der Waals surface area contributed by atoms with E-state index in [1.807, 2.05) is 6.07 Å². The van der Waals surface area contributed by atoms with E-state index >= 15 is 0 Å². The lowest BCUT2D eigenvalue weighted by Crippen LogP contribution is -2.23. The van der Waals surface area contributed by atoms with E-state index in [4.69, 9.17) is 0 Å². The molecule has 0 amide bonds. The Hall–Kier alpha value is -3.80. The molecule has 0 aliphatic rings. The smallest absolute Gasteiger partial charge is 0.350 e. The number of nitro groups is 1. The van der Waals surface area contributed by atoms with Gasteiger partial charge in [0, 0.05) is 11.8 Å². The fourth-order valence-corrected chi connectivity index (χ4v) is 3.23. The number of anilines is 2. The molecule has 0 heterocycles. The number of nitrogens with one attached hydrogen (secondary N) is 1. The second-order valence-corrected chi connectivity index (χ2v) is 8.03. The fourth-order valence-electron chi connectivity index (χ4n) is 2.45. The van der Waals surface area contributed by atoms with Crippen molar-refractivity contribution in [3.8, 4) is 0 Å². The van der Waals surface area contributed by atoms with Gasteiger partial charge in [-0.1, -0.05) is 18.2 Å². The Morgan fingerprint density at radius 3 is 2.00 bits per heavy atom. The van der Waals surface area contributed by atoms with Gasteiger partial charge in [0.2, 0.25) is 0 Å². The molecule has 8 nitrogen and oxygen atoms in total. The summed E-state index contributed by atoms with van der Waals surface area (Å²) in [5, 5.41) is 22.1. The Morgan fingerprint density at radius 1 is 0.871 bits per heavy atom. The van der Waals surface area contributed by atoms with E-state index in [0.717, 1.165) is 6.07 Å². The van der Waals surface area contributed by atoms with Gasteiger partial charge in [0.1, 0.15) is 5.69 Å². The molecule has 0 fully saturated rings. The first kappa shape index (κ1) is 21.9. The molecule has 0 unspecified atom stereocenters. The maximum Gasteiger partial charge on any atom is 0.501 e. The lowest BCUT2D eigenvalue weighted by molar-refractivity contribution is -0.384. The van der Waals surface area contributed by atoms with Crippen molar-refractivity contribution < 1.29 is 26.5 Å². The highest BCUT2D eigenvalue weighted by molar-refractivity contribution is 7.92. The standard InChI is InChI=1S/C19H13F3N4O4S/c20-19(21,22)31(29,30)16-10-11-17(18(12-16)26(27)28)23-13-6-8-15(9-7-13)25-24-14-4-2-1-3-5-14/h1-12,23H. The van der Waals surface area contributed by atoms with Gasteiger partial charge in [-0.2, -0.15) is 23.4 Å². The van der Waals surface area contributed by atoms with Crippen LogP contribution in [0, 0.1) is 10.1 Å². The first-order valence-electron chi connectivity index (χ1n) is 8.51. The van der Waals surface area contributed by atoms with Crippen molar-refractivity contribution >= 4 is 38.3 Å². The molecule has 0 aliphatic carbocycles. The average Bonchev–Trinajstić information content (AvgIpc) is 2.73. The summed E-state index contributed by atoms with van der Waals surface area (Å²) in [5.41, 5.74) is -5.05. The first-order valence-corrected chi connectivity index (χ1v) is 10.00. The van der Waals surface area contributed by atoms with Crippen molar-refractivity contribution in [3.05, 3.63) is 82.9 Å². The van der Waals surface area contributed by atoms with Crippen molar-refractivity contribution in [2.75, 3.05) is 5.32 Å². The van der Waals surface area contributed by atoms with Gasteiger partial charge in [0.25, 0.3) is 15.5 Å². The lowest BCUT2D eigenvalue weighted by atomic mass is 10.2. The van der Waals surface area contributed by atoms with Gasteiger partial charge in [0.15, 0.2) is 0 Å². The molecule has 0 saturated carbocycles. The van der Waals surface area contributed by atoms with Crippen molar-refractivity contribution in [1.29, 1.82) is 0 Å². The minimum absolute atomic E-state index is 0.176. The molecule has 3 aromatic carbocycles. The zero-order chi connectivity index (χ0) is 22.6. The molecule has 0 radical (unpaired) electrons. The molecule has 3 rings (SSSR count). The van der Waals surface area contributed by atoms with Gasteiger partial charge < -0.3 is 5.32 Å². The number of azo groups is 1. The predicted molar refractivity (Wildman–Crippen MR) is 107 cm³/mol. The Kier molecular flexibility index (Phi) is 6.02. The van der Waals surface area contributed by atoms with Gasteiger partial charge >= 0.3 is 5.51 Å². The maximum atomic E-state index is 12.7. The Balaban J connectivity index is 1.84. The van der Waals surface area contributed by atoms with Crippen LogP contribution >= 0.6 is 0 Å². The van der Waals surface area contributed by atoms with Gasteiger partial charge in [0.05, 0.1) is 21.2 Å². The minimum Gasteiger partial charge on any atom is -0.350 e. The number of alkyl halides is 3. The second-order valence-electron chi connectivity index (χ2n) is 6.09. The third kappa shape index (κ3) is 5.04. The summed E-state index contributed by atoms with van der Waals surface area (Å²) in [5.74, 6) is 0.